The number of benzene rings is 1. The van der Waals surface area contributed by atoms with Crippen LogP contribution in [0.4, 0.5) is 0 Å². The molecule has 0 atom stereocenters. The first-order valence-electron chi connectivity index (χ1n) is 6.24. The maximum Gasteiger partial charge on any atom is 0.0918 e. The predicted molar refractivity (Wildman–Crippen MR) is 76.8 cm³/mol. The quantitative estimate of drug-likeness (QED) is 0.806. The molecule has 0 aliphatic heterocycles. The molecule has 3 heteroatoms. The largest absolute Gasteiger partial charge is 0.391 e. The summed E-state index contributed by atoms with van der Waals surface area (Å²) in [4.78, 5) is 2.23. The van der Waals surface area contributed by atoms with Gasteiger partial charge >= 0.3 is 0 Å². The summed E-state index contributed by atoms with van der Waals surface area (Å²) in [6, 6.07) is 12.4. The fraction of sp³-hybridized carbons (Fsp3) is 0.188. The van der Waals surface area contributed by atoms with Crippen LogP contribution in [0.25, 0.3) is 5.57 Å². The van der Waals surface area contributed by atoms with E-state index in [9.17, 15) is 5.11 Å². The number of allylic oxidation sites excluding steroid dienone is 1. The topological polar surface area (TPSA) is 44.0 Å². The summed E-state index contributed by atoms with van der Waals surface area (Å²) in [6.07, 6.45) is 3.58. The van der Waals surface area contributed by atoms with Crippen molar-refractivity contribution >= 4 is 16.9 Å². The van der Waals surface area contributed by atoms with E-state index in [2.05, 4.69) is 18.2 Å². The lowest BCUT2D eigenvalue weighted by Gasteiger charge is -2.07. The van der Waals surface area contributed by atoms with Crippen molar-refractivity contribution in [2.24, 2.45) is 0 Å². The lowest BCUT2D eigenvalue weighted by atomic mass is 9.96. The Morgan fingerprint density at radius 1 is 1.26 bits per heavy atom. The number of aliphatic hydroxyl groups excluding tert-OH is 1. The summed E-state index contributed by atoms with van der Waals surface area (Å²) in [5.74, 6) is 0. The molecule has 1 N–H and O–H groups in total. The molecule has 94 valence electrons. The number of nitrogens with zero attached hydrogens (tertiary/aromatic N) is 1. The van der Waals surface area contributed by atoms with Gasteiger partial charge in [-0.2, -0.15) is 5.26 Å². The van der Waals surface area contributed by atoms with E-state index < -0.39 is 0 Å². The molecule has 1 heterocycles. The van der Waals surface area contributed by atoms with E-state index in [1.807, 2.05) is 18.2 Å². The summed E-state index contributed by atoms with van der Waals surface area (Å²) < 4.78 is 0. The highest BCUT2D eigenvalue weighted by atomic mass is 32.1. The molecule has 0 saturated heterocycles. The average Bonchev–Trinajstić information content (AvgIpc) is 2.80. The van der Waals surface area contributed by atoms with Gasteiger partial charge in [0.2, 0.25) is 0 Å². The highest BCUT2D eigenvalue weighted by Gasteiger charge is 2.20. The van der Waals surface area contributed by atoms with Crippen LogP contribution in [0.15, 0.2) is 36.4 Å². The van der Waals surface area contributed by atoms with E-state index in [0.29, 0.717) is 0 Å². The van der Waals surface area contributed by atoms with E-state index in [1.54, 1.807) is 17.4 Å². The molecule has 0 spiro atoms. The number of nitriles is 1. The van der Waals surface area contributed by atoms with Crippen molar-refractivity contribution in [1.82, 2.24) is 0 Å². The van der Waals surface area contributed by atoms with Crippen LogP contribution in [-0.4, -0.2) is 5.11 Å². The van der Waals surface area contributed by atoms with Crippen LogP contribution >= 0.6 is 11.3 Å². The zero-order chi connectivity index (χ0) is 13.2. The Kier molecular flexibility index (Phi) is 3.20. The van der Waals surface area contributed by atoms with Gasteiger partial charge in [0, 0.05) is 21.4 Å². The number of rotatable bonds is 1. The van der Waals surface area contributed by atoms with E-state index in [1.165, 1.54) is 10.4 Å². The lowest BCUT2D eigenvalue weighted by Crippen LogP contribution is -1.91. The molecule has 2 aromatic rings. The molecule has 0 bridgehead atoms. The van der Waals surface area contributed by atoms with Gasteiger partial charge in [-0.1, -0.05) is 24.3 Å². The number of hydrogen-bond donors (Lipinski definition) is 1. The molecule has 0 amide bonds. The van der Waals surface area contributed by atoms with E-state index >= 15 is 0 Å². The van der Waals surface area contributed by atoms with Crippen molar-refractivity contribution in [1.29, 1.82) is 5.26 Å². The van der Waals surface area contributed by atoms with E-state index in [4.69, 9.17) is 5.26 Å². The van der Waals surface area contributed by atoms with Crippen LogP contribution in [0.3, 0.4) is 0 Å². The first-order chi connectivity index (χ1) is 9.33. The van der Waals surface area contributed by atoms with Gasteiger partial charge in [-0.25, -0.2) is 0 Å². The molecule has 3 rings (SSSR count). The van der Waals surface area contributed by atoms with E-state index in [0.717, 1.165) is 34.4 Å². The zero-order valence-electron chi connectivity index (χ0n) is 10.4. The lowest BCUT2D eigenvalue weighted by molar-refractivity contribution is 0.285. The molecule has 0 unspecified atom stereocenters. The van der Waals surface area contributed by atoms with Crippen LogP contribution in [0.5, 0.6) is 0 Å². The maximum atomic E-state index is 9.29. The van der Waals surface area contributed by atoms with Crippen LogP contribution in [0.2, 0.25) is 0 Å². The number of fused-ring (bicyclic) bond motifs is 2. The van der Waals surface area contributed by atoms with Gasteiger partial charge in [-0.3, -0.25) is 0 Å². The third-order valence-corrected chi connectivity index (χ3v) is 4.62. The Morgan fingerprint density at radius 2 is 2.11 bits per heavy atom. The summed E-state index contributed by atoms with van der Waals surface area (Å²) in [5.41, 5.74) is 4.53. The second kappa shape index (κ2) is 5.00. The molecule has 1 aromatic heterocycles. The molecule has 0 fully saturated rings. The molecular formula is C16H13NOS. The minimum atomic E-state index is 0.0686. The normalized spacial score (nSPS) is 15.5. The standard InChI is InChI=1S/C16H13NOS/c17-8-7-14-13-4-2-1-3-11(13)5-6-16-15(14)9-12(10-18)19-16/h1-4,7,9,18H,5-6,10H2/b14-7+. The van der Waals surface area contributed by atoms with Crippen LogP contribution in [0.1, 0.15) is 26.4 Å². The Labute approximate surface area is 116 Å². The van der Waals surface area contributed by atoms with Crippen molar-refractivity contribution in [2.45, 2.75) is 19.4 Å². The third-order valence-electron chi connectivity index (χ3n) is 3.44. The second-order valence-electron chi connectivity index (χ2n) is 4.55. The minimum absolute atomic E-state index is 0.0686. The Bertz CT molecular complexity index is 691. The van der Waals surface area contributed by atoms with Gasteiger partial charge in [0.05, 0.1) is 12.7 Å². The maximum absolute atomic E-state index is 9.29. The number of aliphatic hydroxyl groups is 1. The first-order valence-corrected chi connectivity index (χ1v) is 7.06. The molecular weight excluding hydrogens is 254 g/mol. The molecule has 2 nitrogen and oxygen atoms in total. The van der Waals surface area contributed by atoms with Crippen LogP contribution in [-0.2, 0) is 19.4 Å². The van der Waals surface area contributed by atoms with Crippen LogP contribution in [0, 0.1) is 11.3 Å². The van der Waals surface area contributed by atoms with Crippen molar-refractivity contribution in [3.05, 3.63) is 62.9 Å². The molecule has 0 saturated carbocycles. The van der Waals surface area contributed by atoms with Crippen molar-refractivity contribution in [3.63, 3.8) is 0 Å². The van der Waals surface area contributed by atoms with Crippen molar-refractivity contribution in [3.8, 4) is 6.07 Å². The van der Waals surface area contributed by atoms with Crippen molar-refractivity contribution in [2.75, 3.05) is 0 Å². The zero-order valence-corrected chi connectivity index (χ0v) is 11.2. The predicted octanol–water partition coefficient (Wildman–Crippen LogP) is 3.29. The average molecular weight is 267 g/mol. The summed E-state index contributed by atoms with van der Waals surface area (Å²) in [6.45, 7) is 0.0686. The van der Waals surface area contributed by atoms with Gasteiger partial charge in [0.1, 0.15) is 0 Å². The van der Waals surface area contributed by atoms with E-state index in [-0.39, 0.29) is 6.61 Å². The van der Waals surface area contributed by atoms with Gasteiger partial charge in [0.25, 0.3) is 0 Å². The molecule has 19 heavy (non-hydrogen) atoms. The van der Waals surface area contributed by atoms with Gasteiger partial charge in [0.15, 0.2) is 0 Å². The smallest absolute Gasteiger partial charge is 0.0918 e. The number of aryl methyl sites for hydroxylation is 2. The van der Waals surface area contributed by atoms with Crippen molar-refractivity contribution < 1.29 is 5.11 Å². The summed E-state index contributed by atoms with van der Waals surface area (Å²) in [7, 11) is 0. The number of hydrogen-bond acceptors (Lipinski definition) is 3. The van der Waals surface area contributed by atoms with Gasteiger partial charge < -0.3 is 5.11 Å². The fourth-order valence-electron chi connectivity index (χ4n) is 2.59. The van der Waals surface area contributed by atoms with Gasteiger partial charge in [-0.05, 0) is 35.6 Å². The summed E-state index contributed by atoms with van der Waals surface area (Å²) in [5, 5.41) is 18.3. The molecule has 0 radical (unpaired) electrons. The Balaban J connectivity index is 2.23. The molecule has 1 aromatic carbocycles. The highest BCUT2D eigenvalue weighted by molar-refractivity contribution is 7.12. The monoisotopic (exact) mass is 267 g/mol. The summed E-state index contributed by atoms with van der Waals surface area (Å²) >= 11 is 1.65. The second-order valence-corrected chi connectivity index (χ2v) is 5.77. The Morgan fingerprint density at radius 3 is 2.89 bits per heavy atom. The molecule has 1 aliphatic carbocycles. The van der Waals surface area contributed by atoms with Gasteiger partial charge in [-0.15, -0.1) is 11.3 Å². The first kappa shape index (κ1) is 12.2. The molecule has 1 aliphatic rings. The fourth-order valence-corrected chi connectivity index (χ4v) is 3.63. The minimum Gasteiger partial charge on any atom is -0.391 e. The van der Waals surface area contributed by atoms with Crippen LogP contribution < -0.4 is 0 Å². The highest BCUT2D eigenvalue weighted by Crippen LogP contribution is 2.37. The SMILES string of the molecule is N#C/C=C1\c2ccccc2CCc2sc(CO)cc21. The third kappa shape index (κ3) is 2.10. The number of thiophene rings is 1. The Hall–Kier alpha value is -1.89.